The first-order chi connectivity index (χ1) is 10.3. The average molecular weight is 346 g/mol. The van der Waals surface area contributed by atoms with Gasteiger partial charge in [-0.15, -0.1) is 0 Å². The molecule has 2 aromatic rings. The monoisotopic (exact) mass is 345 g/mol. The van der Waals surface area contributed by atoms with E-state index < -0.39 is 0 Å². The molecule has 0 radical (unpaired) electrons. The van der Waals surface area contributed by atoms with E-state index in [2.05, 4.69) is 39.4 Å². The van der Waals surface area contributed by atoms with Gasteiger partial charge in [0.2, 0.25) is 0 Å². The topological polar surface area (TPSA) is 37.8 Å². The molecule has 3 rings (SSSR count). The van der Waals surface area contributed by atoms with Crippen LogP contribution in [0.15, 0.2) is 28.7 Å². The van der Waals surface area contributed by atoms with E-state index in [4.69, 9.17) is 9.97 Å². The van der Waals surface area contributed by atoms with Crippen LogP contribution < -0.4 is 5.32 Å². The van der Waals surface area contributed by atoms with Crippen LogP contribution in [0.5, 0.6) is 0 Å². The van der Waals surface area contributed by atoms with Crippen LogP contribution in [0, 0.1) is 0 Å². The summed E-state index contributed by atoms with van der Waals surface area (Å²) in [4.78, 5) is 9.57. The second kappa shape index (κ2) is 6.56. The quantitative estimate of drug-likeness (QED) is 0.849. The highest BCUT2D eigenvalue weighted by molar-refractivity contribution is 9.10. The molecular formula is C17H20BrN3. The Labute approximate surface area is 134 Å². The van der Waals surface area contributed by atoms with Gasteiger partial charge in [-0.25, -0.2) is 9.97 Å². The number of benzene rings is 1. The molecule has 1 N–H and O–H groups in total. The average Bonchev–Trinajstić information content (AvgIpc) is 2.71. The summed E-state index contributed by atoms with van der Waals surface area (Å²) in [6, 6.07) is 8.36. The molecule has 1 aliphatic carbocycles. The number of nitrogens with zero attached hydrogens (tertiary/aromatic N) is 2. The Morgan fingerprint density at radius 1 is 1.14 bits per heavy atom. The first-order valence-electron chi connectivity index (χ1n) is 7.57. The van der Waals surface area contributed by atoms with Crippen molar-refractivity contribution in [1.29, 1.82) is 0 Å². The third-order valence-electron chi connectivity index (χ3n) is 3.97. The molecule has 3 nitrogen and oxygen atoms in total. The van der Waals surface area contributed by atoms with E-state index in [0.29, 0.717) is 0 Å². The summed E-state index contributed by atoms with van der Waals surface area (Å²) in [6.45, 7) is 0. The maximum absolute atomic E-state index is 4.84. The van der Waals surface area contributed by atoms with Crippen LogP contribution in [0.4, 0.5) is 5.82 Å². The standard InChI is InChI=1S/C17H20BrN3/c1-19-17-14-8-3-2-4-9-15(14)20-16(21-17)11-12-6-5-7-13(18)10-12/h5-7,10H,2-4,8-9,11H2,1H3,(H,19,20,21). The lowest BCUT2D eigenvalue weighted by Crippen LogP contribution is -2.09. The molecule has 1 aromatic heterocycles. The smallest absolute Gasteiger partial charge is 0.135 e. The molecular weight excluding hydrogens is 326 g/mol. The molecule has 0 saturated heterocycles. The van der Waals surface area contributed by atoms with Crippen molar-refractivity contribution in [2.24, 2.45) is 0 Å². The molecule has 0 bridgehead atoms. The molecule has 1 aliphatic rings. The Morgan fingerprint density at radius 2 is 2.00 bits per heavy atom. The van der Waals surface area contributed by atoms with Gasteiger partial charge in [-0.2, -0.15) is 0 Å². The van der Waals surface area contributed by atoms with E-state index in [0.717, 1.165) is 35.4 Å². The highest BCUT2D eigenvalue weighted by Gasteiger charge is 2.16. The van der Waals surface area contributed by atoms with Crippen LogP contribution >= 0.6 is 15.9 Å². The number of fused-ring (bicyclic) bond motifs is 1. The first-order valence-corrected chi connectivity index (χ1v) is 8.36. The predicted octanol–water partition coefficient (Wildman–Crippen LogP) is 4.14. The van der Waals surface area contributed by atoms with Gasteiger partial charge in [-0.3, -0.25) is 0 Å². The largest absolute Gasteiger partial charge is 0.373 e. The van der Waals surface area contributed by atoms with Crippen molar-refractivity contribution < 1.29 is 0 Å². The van der Waals surface area contributed by atoms with E-state index in [-0.39, 0.29) is 0 Å². The van der Waals surface area contributed by atoms with Crippen molar-refractivity contribution in [2.75, 3.05) is 12.4 Å². The number of nitrogens with one attached hydrogen (secondary N) is 1. The lowest BCUT2D eigenvalue weighted by Gasteiger charge is -2.13. The fourth-order valence-corrected chi connectivity index (χ4v) is 3.38. The second-order valence-electron chi connectivity index (χ2n) is 5.53. The minimum atomic E-state index is 0.779. The molecule has 4 heteroatoms. The van der Waals surface area contributed by atoms with Crippen molar-refractivity contribution in [1.82, 2.24) is 9.97 Å². The van der Waals surface area contributed by atoms with E-state index in [1.54, 1.807) is 0 Å². The molecule has 0 amide bonds. The lowest BCUT2D eigenvalue weighted by molar-refractivity contribution is 0.708. The second-order valence-corrected chi connectivity index (χ2v) is 6.45. The summed E-state index contributed by atoms with van der Waals surface area (Å²) in [5, 5.41) is 3.26. The van der Waals surface area contributed by atoms with Gasteiger partial charge in [-0.05, 0) is 43.4 Å². The maximum atomic E-state index is 4.84. The number of aryl methyl sites for hydroxylation is 1. The minimum Gasteiger partial charge on any atom is -0.373 e. The number of anilines is 1. The fourth-order valence-electron chi connectivity index (χ4n) is 2.94. The first kappa shape index (κ1) is 14.5. The molecule has 0 aliphatic heterocycles. The molecule has 0 unspecified atom stereocenters. The van der Waals surface area contributed by atoms with Gasteiger partial charge in [0.15, 0.2) is 0 Å². The zero-order valence-electron chi connectivity index (χ0n) is 12.3. The van der Waals surface area contributed by atoms with Crippen molar-refractivity contribution in [3.05, 3.63) is 51.4 Å². The molecule has 1 heterocycles. The summed E-state index contributed by atoms with van der Waals surface area (Å²) in [5.74, 6) is 1.94. The Hall–Kier alpha value is -1.42. The van der Waals surface area contributed by atoms with Gasteiger partial charge >= 0.3 is 0 Å². The maximum Gasteiger partial charge on any atom is 0.135 e. The number of rotatable bonds is 3. The van der Waals surface area contributed by atoms with Crippen LogP contribution in [-0.2, 0) is 19.3 Å². The number of hydrogen-bond acceptors (Lipinski definition) is 3. The van der Waals surface area contributed by atoms with Gasteiger partial charge in [0.25, 0.3) is 0 Å². The Balaban J connectivity index is 1.94. The lowest BCUT2D eigenvalue weighted by atomic mass is 10.1. The van der Waals surface area contributed by atoms with Gasteiger partial charge in [-0.1, -0.05) is 34.5 Å². The summed E-state index contributed by atoms with van der Waals surface area (Å²) >= 11 is 3.52. The summed E-state index contributed by atoms with van der Waals surface area (Å²) in [7, 11) is 1.95. The Kier molecular flexibility index (Phi) is 4.54. The molecule has 0 atom stereocenters. The van der Waals surface area contributed by atoms with Crippen molar-refractivity contribution in [3.8, 4) is 0 Å². The normalized spacial score (nSPS) is 14.4. The van der Waals surface area contributed by atoms with Crippen LogP contribution in [0.3, 0.4) is 0 Å². The molecule has 21 heavy (non-hydrogen) atoms. The predicted molar refractivity (Wildman–Crippen MR) is 89.8 cm³/mol. The van der Waals surface area contributed by atoms with E-state index in [1.165, 1.54) is 36.1 Å². The Morgan fingerprint density at radius 3 is 2.81 bits per heavy atom. The van der Waals surface area contributed by atoms with Crippen molar-refractivity contribution >= 4 is 21.7 Å². The Bertz CT molecular complexity index is 640. The molecule has 0 saturated carbocycles. The summed E-state index contributed by atoms with van der Waals surface area (Å²) in [5.41, 5.74) is 3.81. The molecule has 0 fully saturated rings. The van der Waals surface area contributed by atoms with Crippen LogP contribution in [-0.4, -0.2) is 17.0 Å². The molecule has 0 spiro atoms. The molecule has 110 valence electrons. The van der Waals surface area contributed by atoms with E-state index >= 15 is 0 Å². The van der Waals surface area contributed by atoms with Gasteiger partial charge in [0.05, 0.1) is 0 Å². The van der Waals surface area contributed by atoms with Crippen LogP contribution in [0.1, 0.15) is 41.9 Å². The third-order valence-corrected chi connectivity index (χ3v) is 4.46. The van der Waals surface area contributed by atoms with E-state index in [9.17, 15) is 0 Å². The van der Waals surface area contributed by atoms with Gasteiger partial charge < -0.3 is 5.32 Å². The number of aromatic nitrogens is 2. The summed E-state index contributed by atoms with van der Waals surface area (Å²) in [6.07, 6.45) is 6.74. The highest BCUT2D eigenvalue weighted by atomic mass is 79.9. The van der Waals surface area contributed by atoms with E-state index in [1.807, 2.05) is 13.1 Å². The van der Waals surface area contributed by atoms with Gasteiger partial charge in [0, 0.05) is 29.2 Å². The van der Waals surface area contributed by atoms with Crippen LogP contribution in [0.2, 0.25) is 0 Å². The van der Waals surface area contributed by atoms with Gasteiger partial charge in [0.1, 0.15) is 11.6 Å². The van der Waals surface area contributed by atoms with Crippen molar-refractivity contribution in [2.45, 2.75) is 38.5 Å². The number of hydrogen-bond donors (Lipinski definition) is 1. The SMILES string of the molecule is CNc1nc(Cc2cccc(Br)c2)nc2c1CCCCC2. The summed E-state index contributed by atoms with van der Waals surface area (Å²) < 4.78 is 1.10. The molecule has 1 aromatic carbocycles. The van der Waals surface area contributed by atoms with Crippen LogP contribution in [0.25, 0.3) is 0 Å². The zero-order chi connectivity index (χ0) is 14.7. The fraction of sp³-hybridized carbons (Fsp3) is 0.412. The minimum absolute atomic E-state index is 0.779. The zero-order valence-corrected chi connectivity index (χ0v) is 13.9. The van der Waals surface area contributed by atoms with Crippen molar-refractivity contribution in [3.63, 3.8) is 0 Å². The number of halogens is 1. The third kappa shape index (κ3) is 3.43. The highest BCUT2D eigenvalue weighted by Crippen LogP contribution is 2.25.